The summed E-state index contributed by atoms with van der Waals surface area (Å²) in [5.41, 5.74) is 0.392. The quantitative estimate of drug-likeness (QED) is 0.366. The molecule has 1 amide bonds. The molecular weight excluding hydrogens is 485 g/mol. The van der Waals surface area contributed by atoms with E-state index in [2.05, 4.69) is 21.8 Å². The monoisotopic (exact) mass is 514 g/mol. The molecule has 0 aliphatic carbocycles. The van der Waals surface area contributed by atoms with Gasteiger partial charge in [-0.3, -0.25) is 9.88 Å². The predicted octanol–water partition coefficient (Wildman–Crippen LogP) is 6.02. The van der Waals surface area contributed by atoms with Crippen LogP contribution in [0.1, 0.15) is 30.9 Å². The number of pyridine rings is 2. The maximum atomic E-state index is 12.7. The number of carbonyl (C=O) groups is 1. The van der Waals surface area contributed by atoms with Gasteiger partial charge in [0.2, 0.25) is 5.88 Å². The molecule has 4 rings (SSSR count). The molecule has 1 aliphatic rings. The van der Waals surface area contributed by atoms with Crippen molar-refractivity contribution in [1.82, 2.24) is 19.8 Å². The summed E-state index contributed by atoms with van der Waals surface area (Å²) in [6.45, 7) is 6.25. The van der Waals surface area contributed by atoms with Crippen LogP contribution in [0.15, 0.2) is 67.1 Å². The Morgan fingerprint density at radius 2 is 1.70 bits per heavy atom. The molecule has 0 spiro atoms. The van der Waals surface area contributed by atoms with Gasteiger partial charge in [-0.25, -0.2) is 9.78 Å². The van der Waals surface area contributed by atoms with Gasteiger partial charge in [-0.2, -0.15) is 13.2 Å². The number of hydrogen-bond acceptors (Lipinski definition) is 6. The van der Waals surface area contributed by atoms with Gasteiger partial charge in [-0.05, 0) is 73.3 Å². The average molecular weight is 515 g/mol. The molecule has 196 valence electrons. The maximum Gasteiger partial charge on any atom is 0.417 e. The first-order valence-corrected chi connectivity index (χ1v) is 12.2. The van der Waals surface area contributed by atoms with Crippen molar-refractivity contribution < 1.29 is 27.4 Å². The van der Waals surface area contributed by atoms with Gasteiger partial charge in [-0.15, -0.1) is 0 Å². The van der Waals surface area contributed by atoms with Crippen molar-refractivity contribution in [3.63, 3.8) is 0 Å². The van der Waals surface area contributed by atoms with Crippen molar-refractivity contribution in [1.29, 1.82) is 0 Å². The number of alkyl halides is 3. The summed E-state index contributed by atoms with van der Waals surface area (Å²) in [6.07, 6.45) is 1.30. The fraction of sp³-hybridized carbons (Fsp3) is 0.370. The van der Waals surface area contributed by atoms with E-state index in [0.29, 0.717) is 30.5 Å². The second kappa shape index (κ2) is 12.1. The molecule has 10 heteroatoms. The Bertz CT molecular complexity index is 1130. The fourth-order valence-corrected chi connectivity index (χ4v) is 4.19. The van der Waals surface area contributed by atoms with Gasteiger partial charge >= 0.3 is 12.3 Å². The number of carbonyl (C=O) groups excluding carboxylic acids is 1. The number of amides is 1. The van der Waals surface area contributed by atoms with Crippen LogP contribution in [0.5, 0.6) is 17.4 Å². The Morgan fingerprint density at radius 3 is 2.30 bits per heavy atom. The zero-order valence-corrected chi connectivity index (χ0v) is 20.5. The van der Waals surface area contributed by atoms with E-state index in [0.717, 1.165) is 50.8 Å². The van der Waals surface area contributed by atoms with Gasteiger partial charge in [0.25, 0.3) is 0 Å². The zero-order chi connectivity index (χ0) is 26.3. The first-order valence-electron chi connectivity index (χ1n) is 12.2. The minimum atomic E-state index is -4.46. The van der Waals surface area contributed by atoms with E-state index in [9.17, 15) is 18.0 Å². The van der Waals surface area contributed by atoms with Gasteiger partial charge in [-0.1, -0.05) is 6.92 Å². The molecule has 3 heterocycles. The van der Waals surface area contributed by atoms with E-state index in [1.165, 1.54) is 5.56 Å². The Morgan fingerprint density at radius 1 is 1.03 bits per heavy atom. The van der Waals surface area contributed by atoms with Crippen LogP contribution in [0, 0.1) is 5.92 Å². The highest BCUT2D eigenvalue weighted by Gasteiger charge is 2.30. The van der Waals surface area contributed by atoms with Gasteiger partial charge < -0.3 is 14.4 Å². The smallest absolute Gasteiger partial charge is 0.417 e. The summed E-state index contributed by atoms with van der Waals surface area (Å²) >= 11 is 0. The number of nitrogens with zero attached hydrogens (tertiary/aromatic N) is 4. The highest BCUT2D eigenvalue weighted by atomic mass is 19.4. The lowest BCUT2D eigenvalue weighted by atomic mass is 9.96. The highest BCUT2D eigenvalue weighted by Crippen LogP contribution is 2.30. The Hall–Kier alpha value is -3.66. The summed E-state index contributed by atoms with van der Waals surface area (Å²) in [5.74, 6) is 1.26. The van der Waals surface area contributed by atoms with Crippen LogP contribution in [0.3, 0.4) is 0 Å². The minimum absolute atomic E-state index is 0.0306. The molecule has 1 aliphatic heterocycles. The topological polar surface area (TPSA) is 67.8 Å². The van der Waals surface area contributed by atoms with Crippen LogP contribution in [-0.4, -0.2) is 52.0 Å². The van der Waals surface area contributed by atoms with Crippen LogP contribution in [0.25, 0.3) is 0 Å². The molecule has 0 saturated carbocycles. The molecule has 0 bridgehead atoms. The number of rotatable bonds is 8. The zero-order valence-electron chi connectivity index (χ0n) is 20.5. The van der Waals surface area contributed by atoms with Crippen molar-refractivity contribution in [2.24, 2.45) is 5.92 Å². The Labute approximate surface area is 213 Å². The van der Waals surface area contributed by atoms with Crippen molar-refractivity contribution >= 4 is 6.09 Å². The lowest BCUT2D eigenvalue weighted by Gasteiger charge is -2.34. The highest BCUT2D eigenvalue weighted by molar-refractivity contribution is 5.70. The Balaban J connectivity index is 1.22. The summed E-state index contributed by atoms with van der Waals surface area (Å²) in [7, 11) is 0. The minimum Gasteiger partial charge on any atom is -0.439 e. The second-order valence-corrected chi connectivity index (χ2v) is 8.94. The molecule has 1 fully saturated rings. The molecule has 3 aromatic rings. The van der Waals surface area contributed by atoms with Crippen LogP contribution in [0.4, 0.5) is 18.0 Å². The van der Waals surface area contributed by atoms with E-state index >= 15 is 0 Å². The van der Waals surface area contributed by atoms with Crippen molar-refractivity contribution in [2.45, 2.75) is 32.5 Å². The number of benzene rings is 1. The van der Waals surface area contributed by atoms with E-state index in [1.54, 1.807) is 29.2 Å². The predicted molar refractivity (Wildman–Crippen MR) is 131 cm³/mol. The normalized spacial score (nSPS) is 14.6. The van der Waals surface area contributed by atoms with Gasteiger partial charge in [0, 0.05) is 50.8 Å². The lowest BCUT2D eigenvalue weighted by molar-refractivity contribution is -0.137. The van der Waals surface area contributed by atoms with E-state index in [1.807, 2.05) is 24.5 Å². The van der Waals surface area contributed by atoms with Crippen molar-refractivity contribution in [3.05, 3.63) is 78.2 Å². The standard InChI is InChI=1S/C27H29F3N4O3/c1-2-33(18-20-9-13-31-14-10-20)19-21-11-15-34(16-12-21)26(35)37-24-6-4-23(5-7-24)36-25-8-3-22(17-32-25)27(28,29)30/h3-10,13-14,17,21H,2,11-12,15-16,18-19H2,1H3. The Kier molecular flexibility index (Phi) is 8.60. The van der Waals surface area contributed by atoms with Gasteiger partial charge in [0.1, 0.15) is 11.5 Å². The summed E-state index contributed by atoms with van der Waals surface area (Å²) in [5, 5.41) is 0. The molecule has 0 unspecified atom stereocenters. The average Bonchev–Trinajstić information content (AvgIpc) is 2.90. The number of likely N-dealkylation sites (tertiary alicyclic amines) is 1. The van der Waals surface area contributed by atoms with Crippen LogP contribution in [0.2, 0.25) is 0 Å². The third kappa shape index (κ3) is 7.66. The molecule has 2 aromatic heterocycles. The number of piperidine rings is 1. The molecule has 37 heavy (non-hydrogen) atoms. The number of hydrogen-bond donors (Lipinski definition) is 0. The van der Waals surface area contributed by atoms with Gasteiger partial charge in [0.05, 0.1) is 5.56 Å². The maximum absolute atomic E-state index is 12.7. The van der Waals surface area contributed by atoms with E-state index in [4.69, 9.17) is 9.47 Å². The van der Waals surface area contributed by atoms with Crippen molar-refractivity contribution in [2.75, 3.05) is 26.2 Å². The number of aromatic nitrogens is 2. The van der Waals surface area contributed by atoms with Crippen LogP contribution >= 0.6 is 0 Å². The summed E-state index contributed by atoms with van der Waals surface area (Å²) in [4.78, 5) is 24.5. The third-order valence-electron chi connectivity index (χ3n) is 6.31. The molecule has 1 saturated heterocycles. The third-order valence-corrected chi connectivity index (χ3v) is 6.31. The largest absolute Gasteiger partial charge is 0.439 e. The fourth-order valence-electron chi connectivity index (χ4n) is 4.19. The first-order chi connectivity index (χ1) is 17.8. The SMILES string of the molecule is CCN(Cc1ccncc1)CC1CCN(C(=O)Oc2ccc(Oc3ccc(C(F)(F)F)cn3)cc2)CC1. The van der Waals surface area contributed by atoms with Crippen LogP contribution in [-0.2, 0) is 12.7 Å². The molecule has 0 radical (unpaired) electrons. The summed E-state index contributed by atoms with van der Waals surface area (Å²) in [6, 6.07) is 12.4. The molecule has 1 aromatic carbocycles. The van der Waals surface area contributed by atoms with Crippen LogP contribution < -0.4 is 9.47 Å². The molecule has 7 nitrogen and oxygen atoms in total. The lowest BCUT2D eigenvalue weighted by Crippen LogP contribution is -2.42. The van der Waals surface area contributed by atoms with E-state index < -0.39 is 17.8 Å². The number of ether oxygens (including phenoxy) is 2. The second-order valence-electron chi connectivity index (χ2n) is 8.94. The molecule has 0 N–H and O–H groups in total. The van der Waals surface area contributed by atoms with Crippen molar-refractivity contribution in [3.8, 4) is 17.4 Å². The molecular formula is C27H29F3N4O3. The number of halogens is 3. The molecule has 0 atom stereocenters. The summed E-state index contributed by atoms with van der Waals surface area (Å²) < 4.78 is 49.0. The van der Waals surface area contributed by atoms with E-state index in [-0.39, 0.29) is 5.88 Å². The first kappa shape index (κ1) is 26.4. The van der Waals surface area contributed by atoms with Gasteiger partial charge in [0.15, 0.2) is 0 Å².